The molecule has 130 valence electrons. The molecule has 4 aromatic carbocycles. The molecular formula is C24H18Br2Mg. The fraction of sp³-hybridized carbons (Fsp3) is 0. The van der Waals surface area contributed by atoms with Crippen molar-refractivity contribution in [2.75, 3.05) is 0 Å². The Morgan fingerprint density at radius 3 is 1.63 bits per heavy atom. The van der Waals surface area contributed by atoms with Crippen LogP contribution in [0.2, 0.25) is 0 Å². The van der Waals surface area contributed by atoms with Crippen LogP contribution >= 0.6 is 15.9 Å². The fourth-order valence-electron chi connectivity index (χ4n) is 2.50. The van der Waals surface area contributed by atoms with Crippen molar-refractivity contribution < 1.29 is 17.0 Å². The molecule has 0 N–H and O–H groups in total. The molecule has 0 radical (unpaired) electrons. The number of hydrogen-bond donors (Lipinski definition) is 0. The van der Waals surface area contributed by atoms with Crippen LogP contribution in [-0.4, -0.2) is 23.1 Å². The maximum atomic E-state index is 3.53. The quantitative estimate of drug-likeness (QED) is 0.296. The number of hydrogen-bond acceptors (Lipinski definition) is 0. The van der Waals surface area contributed by atoms with E-state index in [-0.39, 0.29) is 40.0 Å². The molecule has 0 spiro atoms. The van der Waals surface area contributed by atoms with Crippen molar-refractivity contribution >= 4 is 39.0 Å². The summed E-state index contributed by atoms with van der Waals surface area (Å²) in [5.74, 6) is 0. The molecule has 0 aliphatic carbocycles. The third kappa shape index (κ3) is 7.26. The second kappa shape index (κ2) is 12.9. The van der Waals surface area contributed by atoms with Gasteiger partial charge in [0.15, 0.2) is 0 Å². The Balaban J connectivity index is 0.000000252. The molecule has 4 rings (SSSR count). The molecule has 0 aromatic heterocycles. The van der Waals surface area contributed by atoms with E-state index in [4.69, 9.17) is 0 Å². The summed E-state index contributed by atoms with van der Waals surface area (Å²) in [5, 5.41) is 0. The number of rotatable bonds is 2. The maximum absolute atomic E-state index is 3.53. The minimum absolute atomic E-state index is 0. The second-order valence-corrected chi connectivity index (χ2v) is 6.34. The first-order chi connectivity index (χ1) is 12.3. The fourth-order valence-corrected chi connectivity index (χ4v) is 3.02. The summed E-state index contributed by atoms with van der Waals surface area (Å²) in [6.45, 7) is 0. The van der Waals surface area contributed by atoms with E-state index in [1.165, 1.54) is 16.7 Å². The number of halogens is 2. The first kappa shape index (κ1) is 23.6. The molecule has 27 heavy (non-hydrogen) atoms. The summed E-state index contributed by atoms with van der Waals surface area (Å²) in [4.78, 5) is 0. The molecule has 0 amide bonds. The summed E-state index contributed by atoms with van der Waals surface area (Å²) in [6.07, 6.45) is 0. The first-order valence-corrected chi connectivity index (χ1v) is 8.96. The average Bonchev–Trinajstić information content (AvgIpc) is 2.71. The molecule has 0 fully saturated rings. The molecule has 0 atom stereocenters. The van der Waals surface area contributed by atoms with Gasteiger partial charge < -0.3 is 17.0 Å². The molecule has 4 aromatic rings. The van der Waals surface area contributed by atoms with Gasteiger partial charge in [0.25, 0.3) is 0 Å². The zero-order valence-electron chi connectivity index (χ0n) is 14.9. The van der Waals surface area contributed by atoms with Crippen molar-refractivity contribution in [2.24, 2.45) is 0 Å². The summed E-state index contributed by atoms with van der Waals surface area (Å²) in [7, 11) is 0. The zero-order chi connectivity index (χ0) is 17.3. The van der Waals surface area contributed by atoms with E-state index in [1.54, 1.807) is 0 Å². The Morgan fingerprint density at radius 2 is 1.07 bits per heavy atom. The molecule has 0 saturated carbocycles. The van der Waals surface area contributed by atoms with Crippen LogP contribution in [0.4, 0.5) is 0 Å². The van der Waals surface area contributed by atoms with Gasteiger partial charge >= 0.3 is 23.1 Å². The summed E-state index contributed by atoms with van der Waals surface area (Å²) in [6, 6.07) is 40.1. The monoisotopic (exact) mass is 488 g/mol. The Labute approximate surface area is 196 Å². The molecule has 0 saturated heterocycles. The van der Waals surface area contributed by atoms with E-state index in [2.05, 4.69) is 76.6 Å². The van der Waals surface area contributed by atoms with Gasteiger partial charge in [-0.15, -0.1) is 35.9 Å². The summed E-state index contributed by atoms with van der Waals surface area (Å²) >= 11 is 3.53. The molecule has 0 nitrogen and oxygen atoms in total. The Kier molecular flexibility index (Phi) is 11.3. The van der Waals surface area contributed by atoms with Crippen LogP contribution in [0.5, 0.6) is 0 Å². The SMILES string of the molecule is Brc1ccccc1-c1ccccc1.[Br-].[Mg+2].[c-]1ccccc1-c1ccccc1. The van der Waals surface area contributed by atoms with Crippen LogP contribution in [0.15, 0.2) is 114 Å². The van der Waals surface area contributed by atoms with Gasteiger partial charge in [-0.2, -0.15) is 0 Å². The maximum Gasteiger partial charge on any atom is 2.00 e. The number of benzene rings is 4. The van der Waals surface area contributed by atoms with E-state index in [0.29, 0.717) is 0 Å². The van der Waals surface area contributed by atoms with Gasteiger partial charge in [-0.25, -0.2) is 0 Å². The van der Waals surface area contributed by atoms with E-state index in [1.807, 2.05) is 54.6 Å². The van der Waals surface area contributed by atoms with Crippen LogP contribution in [0.3, 0.4) is 0 Å². The van der Waals surface area contributed by atoms with Crippen molar-refractivity contribution in [3.05, 3.63) is 120 Å². The van der Waals surface area contributed by atoms with Gasteiger partial charge in [0.2, 0.25) is 0 Å². The Bertz CT molecular complexity index is 857. The Hall–Kier alpha value is -1.39. The van der Waals surface area contributed by atoms with E-state index >= 15 is 0 Å². The largest absolute Gasteiger partial charge is 2.00 e. The predicted molar refractivity (Wildman–Crippen MR) is 116 cm³/mol. The minimum atomic E-state index is 0. The third-order valence-corrected chi connectivity index (χ3v) is 4.44. The third-order valence-electron chi connectivity index (χ3n) is 3.75. The first-order valence-electron chi connectivity index (χ1n) is 8.17. The van der Waals surface area contributed by atoms with E-state index in [0.717, 1.165) is 10.0 Å². The van der Waals surface area contributed by atoms with Crippen molar-refractivity contribution in [3.63, 3.8) is 0 Å². The standard InChI is InChI=1S/C12H9Br.C12H9.BrH.Mg/c13-12-9-5-4-8-11(12)10-6-2-1-3-7-10;1-3-7-11(8-4-1)12-9-5-2-6-10-12;;/h1-9H;1-9H;1H;/q;-1;;+2/p-1. The van der Waals surface area contributed by atoms with Gasteiger partial charge in [0.1, 0.15) is 0 Å². The van der Waals surface area contributed by atoms with Gasteiger partial charge in [0, 0.05) is 4.47 Å². The normalized spacial score (nSPS) is 9.07. The van der Waals surface area contributed by atoms with Gasteiger partial charge in [-0.05, 0) is 17.2 Å². The minimum Gasteiger partial charge on any atom is -1.00 e. The Morgan fingerprint density at radius 1 is 0.556 bits per heavy atom. The molecule has 0 unspecified atom stereocenters. The van der Waals surface area contributed by atoms with E-state index < -0.39 is 0 Å². The van der Waals surface area contributed by atoms with Crippen molar-refractivity contribution in [1.29, 1.82) is 0 Å². The molecule has 0 aliphatic heterocycles. The van der Waals surface area contributed by atoms with Crippen LogP contribution in [-0.2, 0) is 0 Å². The molecule has 3 heteroatoms. The van der Waals surface area contributed by atoms with Crippen LogP contribution in [0, 0.1) is 6.07 Å². The smallest absolute Gasteiger partial charge is 1.00 e. The van der Waals surface area contributed by atoms with E-state index in [9.17, 15) is 0 Å². The van der Waals surface area contributed by atoms with Gasteiger partial charge in [-0.1, -0.05) is 100 Å². The molecule has 0 heterocycles. The van der Waals surface area contributed by atoms with Crippen LogP contribution in [0.25, 0.3) is 22.3 Å². The molecular weight excluding hydrogens is 472 g/mol. The summed E-state index contributed by atoms with van der Waals surface area (Å²) < 4.78 is 1.14. The van der Waals surface area contributed by atoms with Crippen LogP contribution < -0.4 is 17.0 Å². The average molecular weight is 491 g/mol. The zero-order valence-corrected chi connectivity index (χ0v) is 19.4. The topological polar surface area (TPSA) is 0 Å². The van der Waals surface area contributed by atoms with Crippen LogP contribution in [0.1, 0.15) is 0 Å². The van der Waals surface area contributed by atoms with Crippen molar-refractivity contribution in [1.82, 2.24) is 0 Å². The van der Waals surface area contributed by atoms with Gasteiger partial charge in [0.05, 0.1) is 0 Å². The van der Waals surface area contributed by atoms with Crippen molar-refractivity contribution in [3.8, 4) is 22.3 Å². The molecule has 0 bridgehead atoms. The molecule has 0 aliphatic rings. The van der Waals surface area contributed by atoms with Crippen molar-refractivity contribution in [2.45, 2.75) is 0 Å². The second-order valence-electron chi connectivity index (χ2n) is 5.49. The van der Waals surface area contributed by atoms with Gasteiger partial charge in [-0.3, -0.25) is 0 Å². The summed E-state index contributed by atoms with van der Waals surface area (Å²) in [5.41, 5.74) is 4.86. The predicted octanol–water partition coefficient (Wildman–Crippen LogP) is 3.89.